The predicted molar refractivity (Wildman–Crippen MR) is 76.7 cm³/mol. The highest BCUT2D eigenvalue weighted by atomic mass is 79.9. The maximum Gasteiger partial charge on any atom is 0.133 e. The molecule has 3 nitrogen and oxygen atoms in total. The van der Waals surface area contributed by atoms with E-state index in [1.54, 1.807) is 6.20 Å². The van der Waals surface area contributed by atoms with Gasteiger partial charge in [-0.2, -0.15) is 0 Å². The van der Waals surface area contributed by atoms with Gasteiger partial charge in [-0.3, -0.25) is 0 Å². The molecule has 3 rings (SSSR count). The monoisotopic (exact) mass is 306 g/mol. The first-order valence-corrected chi connectivity index (χ1v) is 7.00. The molecule has 4 heteroatoms. The number of anilines is 1. The third kappa shape index (κ3) is 2.35. The molecule has 0 spiro atoms. The molecule has 1 aromatic carbocycles. The van der Waals surface area contributed by atoms with Gasteiger partial charge in [-0.15, -0.1) is 0 Å². The molecule has 0 radical (unpaired) electrons. The van der Waals surface area contributed by atoms with Crippen LogP contribution in [0.1, 0.15) is 12.8 Å². The lowest BCUT2D eigenvalue weighted by atomic mass is 10.1. The number of halogens is 1. The van der Waals surface area contributed by atoms with Gasteiger partial charge in [-0.25, -0.2) is 4.98 Å². The fourth-order valence-electron chi connectivity index (χ4n) is 2.16. The number of fused-ring (bicyclic) bond motifs is 1. The number of benzene rings is 1. The van der Waals surface area contributed by atoms with Crippen LogP contribution in [0.2, 0.25) is 0 Å². The van der Waals surface area contributed by atoms with E-state index in [0.717, 1.165) is 33.9 Å². The first kappa shape index (κ1) is 11.9. The van der Waals surface area contributed by atoms with Gasteiger partial charge in [0.2, 0.25) is 0 Å². The van der Waals surface area contributed by atoms with E-state index < -0.39 is 0 Å². The Kier molecular flexibility index (Phi) is 3.22. The van der Waals surface area contributed by atoms with Crippen LogP contribution < -0.4 is 5.32 Å². The van der Waals surface area contributed by atoms with E-state index in [9.17, 15) is 5.11 Å². The average Bonchev–Trinajstić information content (AvgIpc) is 3.21. The summed E-state index contributed by atoms with van der Waals surface area (Å²) in [5.74, 6) is 1.33. The number of nitrogens with one attached hydrogen (secondary N) is 1. The Balaban J connectivity index is 1.84. The van der Waals surface area contributed by atoms with Crippen molar-refractivity contribution in [3.05, 3.63) is 34.9 Å². The molecule has 2 aromatic rings. The maximum atomic E-state index is 9.88. The van der Waals surface area contributed by atoms with E-state index >= 15 is 0 Å². The second-order valence-corrected chi connectivity index (χ2v) is 5.63. The van der Waals surface area contributed by atoms with Crippen LogP contribution in [-0.2, 0) is 0 Å². The maximum absolute atomic E-state index is 9.88. The molecule has 1 saturated carbocycles. The molecule has 0 amide bonds. The van der Waals surface area contributed by atoms with Gasteiger partial charge in [0.1, 0.15) is 5.82 Å². The van der Waals surface area contributed by atoms with Crippen molar-refractivity contribution in [2.45, 2.75) is 18.9 Å². The van der Waals surface area contributed by atoms with Gasteiger partial charge >= 0.3 is 0 Å². The molecule has 1 aromatic heterocycles. The smallest absolute Gasteiger partial charge is 0.133 e. The third-order valence-corrected chi connectivity index (χ3v) is 4.09. The van der Waals surface area contributed by atoms with Gasteiger partial charge in [0.05, 0.1) is 6.10 Å². The van der Waals surface area contributed by atoms with E-state index in [1.807, 2.05) is 24.3 Å². The number of hydrogen-bond donors (Lipinski definition) is 2. The van der Waals surface area contributed by atoms with Crippen molar-refractivity contribution in [3.63, 3.8) is 0 Å². The molecule has 2 N–H and O–H groups in total. The number of hydrogen-bond acceptors (Lipinski definition) is 3. The Hall–Kier alpha value is -1.13. The number of aliphatic hydroxyl groups excluding tert-OH is 1. The summed E-state index contributed by atoms with van der Waals surface area (Å²) in [5, 5.41) is 15.3. The van der Waals surface area contributed by atoms with Gasteiger partial charge in [-0.05, 0) is 30.9 Å². The molecule has 1 heterocycles. The molecule has 1 aliphatic rings. The van der Waals surface area contributed by atoms with Crippen LogP contribution in [0.3, 0.4) is 0 Å². The predicted octanol–water partition coefficient (Wildman–Crippen LogP) is 3.18. The number of nitrogens with zero attached hydrogens (tertiary/aromatic N) is 1. The Labute approximate surface area is 114 Å². The minimum Gasteiger partial charge on any atom is -0.391 e. The first-order valence-electron chi connectivity index (χ1n) is 6.21. The Morgan fingerprint density at radius 2 is 2.17 bits per heavy atom. The van der Waals surface area contributed by atoms with Gasteiger partial charge < -0.3 is 10.4 Å². The zero-order valence-corrected chi connectivity index (χ0v) is 11.5. The lowest BCUT2D eigenvalue weighted by Gasteiger charge is -2.13. The Morgan fingerprint density at radius 1 is 1.33 bits per heavy atom. The van der Waals surface area contributed by atoms with Crippen molar-refractivity contribution in [1.82, 2.24) is 4.98 Å². The molecule has 18 heavy (non-hydrogen) atoms. The van der Waals surface area contributed by atoms with Crippen molar-refractivity contribution >= 4 is 32.5 Å². The fourth-order valence-corrected chi connectivity index (χ4v) is 2.66. The van der Waals surface area contributed by atoms with Gasteiger partial charge in [0.25, 0.3) is 0 Å². The lowest BCUT2D eigenvalue weighted by molar-refractivity contribution is 0.164. The second-order valence-electron chi connectivity index (χ2n) is 4.78. The minimum atomic E-state index is -0.255. The highest BCUT2D eigenvalue weighted by Gasteiger charge is 2.29. The summed E-state index contributed by atoms with van der Waals surface area (Å²) in [6, 6.07) is 8.04. The molecular formula is C14H15BrN2O. The number of aliphatic hydroxyl groups is 1. The molecule has 1 aliphatic carbocycles. The SMILES string of the molecule is OC(CNc1nccc2c(Br)cccc12)C1CC1. The minimum absolute atomic E-state index is 0.255. The van der Waals surface area contributed by atoms with Gasteiger partial charge in [-0.1, -0.05) is 28.1 Å². The average molecular weight is 307 g/mol. The molecule has 0 bridgehead atoms. The van der Waals surface area contributed by atoms with Crippen molar-refractivity contribution in [2.24, 2.45) is 5.92 Å². The van der Waals surface area contributed by atoms with Crippen LogP contribution in [-0.4, -0.2) is 22.7 Å². The molecule has 1 fully saturated rings. The summed E-state index contributed by atoms with van der Waals surface area (Å²) in [5.41, 5.74) is 0. The Morgan fingerprint density at radius 3 is 2.94 bits per heavy atom. The number of rotatable bonds is 4. The summed E-state index contributed by atoms with van der Waals surface area (Å²) in [6.07, 6.45) is 3.84. The quantitative estimate of drug-likeness (QED) is 0.912. The molecule has 94 valence electrons. The highest BCUT2D eigenvalue weighted by molar-refractivity contribution is 9.10. The third-order valence-electron chi connectivity index (χ3n) is 3.40. The van der Waals surface area contributed by atoms with Crippen LogP contribution in [0.15, 0.2) is 34.9 Å². The molecular weight excluding hydrogens is 292 g/mol. The van der Waals surface area contributed by atoms with E-state index in [4.69, 9.17) is 0 Å². The number of aromatic nitrogens is 1. The van der Waals surface area contributed by atoms with E-state index in [1.165, 1.54) is 0 Å². The van der Waals surface area contributed by atoms with Crippen LogP contribution in [0.5, 0.6) is 0 Å². The van der Waals surface area contributed by atoms with Crippen molar-refractivity contribution < 1.29 is 5.11 Å². The standard InChI is InChI=1S/C14H15BrN2O/c15-12-3-1-2-11-10(12)6-7-16-14(11)17-8-13(18)9-4-5-9/h1-3,6-7,9,13,18H,4-5,8H2,(H,16,17). The van der Waals surface area contributed by atoms with Crippen LogP contribution >= 0.6 is 15.9 Å². The van der Waals surface area contributed by atoms with Gasteiger partial charge in [0.15, 0.2) is 0 Å². The second kappa shape index (κ2) is 4.86. The number of pyridine rings is 1. The largest absolute Gasteiger partial charge is 0.391 e. The zero-order chi connectivity index (χ0) is 12.5. The summed E-state index contributed by atoms with van der Waals surface area (Å²) in [4.78, 5) is 4.36. The molecule has 0 saturated heterocycles. The van der Waals surface area contributed by atoms with Crippen LogP contribution in [0.4, 0.5) is 5.82 Å². The van der Waals surface area contributed by atoms with E-state index in [0.29, 0.717) is 12.5 Å². The van der Waals surface area contributed by atoms with Crippen molar-refractivity contribution in [1.29, 1.82) is 0 Å². The normalized spacial score (nSPS) is 16.8. The summed E-state index contributed by atoms with van der Waals surface area (Å²) < 4.78 is 1.06. The van der Waals surface area contributed by atoms with Crippen LogP contribution in [0, 0.1) is 5.92 Å². The Bertz CT molecular complexity index is 569. The highest BCUT2D eigenvalue weighted by Crippen LogP contribution is 2.33. The first-order chi connectivity index (χ1) is 8.75. The fraction of sp³-hybridized carbons (Fsp3) is 0.357. The summed E-state index contributed by atoms with van der Waals surface area (Å²) >= 11 is 3.54. The topological polar surface area (TPSA) is 45.1 Å². The van der Waals surface area contributed by atoms with E-state index in [2.05, 4.69) is 26.2 Å². The molecule has 0 aliphatic heterocycles. The van der Waals surface area contributed by atoms with Gasteiger partial charge in [0, 0.05) is 28.0 Å². The van der Waals surface area contributed by atoms with Crippen molar-refractivity contribution in [3.8, 4) is 0 Å². The summed E-state index contributed by atoms with van der Waals surface area (Å²) in [6.45, 7) is 0.573. The molecule has 1 unspecified atom stereocenters. The lowest BCUT2D eigenvalue weighted by Crippen LogP contribution is -2.21. The van der Waals surface area contributed by atoms with E-state index in [-0.39, 0.29) is 6.10 Å². The summed E-state index contributed by atoms with van der Waals surface area (Å²) in [7, 11) is 0. The molecule has 1 atom stereocenters. The van der Waals surface area contributed by atoms with Crippen molar-refractivity contribution in [2.75, 3.05) is 11.9 Å². The van der Waals surface area contributed by atoms with Crippen LogP contribution in [0.25, 0.3) is 10.8 Å². The zero-order valence-electron chi connectivity index (χ0n) is 9.94.